The average molecular weight is 341 g/mol. The summed E-state index contributed by atoms with van der Waals surface area (Å²) >= 11 is 6.33. The number of piperidine rings is 1. The highest BCUT2D eigenvalue weighted by atomic mass is 35.5. The number of hydrogen-bond donors (Lipinski definition) is 0. The maximum atomic E-state index is 6.33. The van der Waals surface area contributed by atoms with E-state index in [4.69, 9.17) is 16.7 Å². The Bertz CT molecular complexity index is 857. The smallest absolute Gasteiger partial charge is 0.157 e. The lowest BCUT2D eigenvalue weighted by Gasteiger charge is -2.32. The van der Waals surface area contributed by atoms with Gasteiger partial charge in [0.15, 0.2) is 5.65 Å². The van der Waals surface area contributed by atoms with Gasteiger partial charge in [-0.1, -0.05) is 29.8 Å². The summed E-state index contributed by atoms with van der Waals surface area (Å²) in [6.07, 6.45) is 4.20. The summed E-state index contributed by atoms with van der Waals surface area (Å²) in [6.45, 7) is 3.04. The summed E-state index contributed by atoms with van der Waals surface area (Å²) in [5, 5.41) is 6.81. The Kier molecular flexibility index (Phi) is 4.25. The molecule has 1 saturated heterocycles. The van der Waals surface area contributed by atoms with Crippen LogP contribution in [0.2, 0.25) is 5.02 Å². The van der Waals surface area contributed by atoms with Gasteiger partial charge in [0.25, 0.3) is 0 Å². The van der Waals surface area contributed by atoms with E-state index in [2.05, 4.69) is 28.1 Å². The number of likely N-dealkylation sites (tertiary alicyclic amines) is 1. The van der Waals surface area contributed by atoms with Gasteiger partial charge in [0.2, 0.25) is 0 Å². The number of fused-ring (bicyclic) bond motifs is 1. The van der Waals surface area contributed by atoms with Gasteiger partial charge in [-0.2, -0.15) is 5.10 Å². The molecule has 4 nitrogen and oxygen atoms in total. The molecule has 1 unspecified atom stereocenters. The molecule has 3 heterocycles. The predicted octanol–water partition coefficient (Wildman–Crippen LogP) is 4.00. The van der Waals surface area contributed by atoms with Crippen LogP contribution in [0.4, 0.5) is 0 Å². The minimum atomic E-state index is 0.453. The van der Waals surface area contributed by atoms with Crippen LogP contribution in [-0.2, 0) is 13.6 Å². The van der Waals surface area contributed by atoms with Gasteiger partial charge < -0.3 is 0 Å². The Hall–Kier alpha value is -1.91. The van der Waals surface area contributed by atoms with Crippen LogP contribution in [-0.4, -0.2) is 32.8 Å². The van der Waals surface area contributed by atoms with Gasteiger partial charge >= 0.3 is 0 Å². The Balaban J connectivity index is 1.57. The van der Waals surface area contributed by atoms with Crippen molar-refractivity contribution >= 4 is 22.6 Å². The monoisotopic (exact) mass is 340 g/mol. The van der Waals surface area contributed by atoms with Crippen molar-refractivity contribution in [2.45, 2.75) is 25.3 Å². The molecule has 24 heavy (non-hydrogen) atoms. The normalized spacial score (nSPS) is 19.0. The third kappa shape index (κ3) is 2.92. The summed E-state index contributed by atoms with van der Waals surface area (Å²) in [6, 6.07) is 12.3. The first-order valence-corrected chi connectivity index (χ1v) is 8.83. The first-order chi connectivity index (χ1) is 11.7. The third-order valence-electron chi connectivity index (χ3n) is 4.87. The lowest BCUT2D eigenvalue weighted by atomic mass is 9.93. The summed E-state index contributed by atoms with van der Waals surface area (Å²) in [5.74, 6) is 0.453. The number of benzene rings is 1. The molecular formula is C19H21ClN4. The summed E-state index contributed by atoms with van der Waals surface area (Å²) in [4.78, 5) is 6.96. The van der Waals surface area contributed by atoms with E-state index in [9.17, 15) is 0 Å². The molecule has 2 aromatic heterocycles. The van der Waals surface area contributed by atoms with Gasteiger partial charge in [-0.05, 0) is 43.1 Å². The lowest BCUT2D eigenvalue weighted by Crippen LogP contribution is -2.34. The van der Waals surface area contributed by atoms with Gasteiger partial charge in [-0.15, -0.1) is 0 Å². The van der Waals surface area contributed by atoms with Crippen molar-refractivity contribution in [1.82, 2.24) is 19.7 Å². The number of hydrogen-bond acceptors (Lipinski definition) is 3. The molecule has 3 aromatic rings. The second-order valence-corrected chi connectivity index (χ2v) is 6.96. The second-order valence-electron chi connectivity index (χ2n) is 6.55. The molecular weight excluding hydrogens is 320 g/mol. The number of rotatable bonds is 3. The number of nitrogens with zero attached hydrogens (tertiary/aromatic N) is 4. The standard InChI is InChI=1S/C19H21ClN4/c1-23-19-16(8-4-10-21-19)18(22-23)15-7-5-11-24(13-15)12-14-6-2-3-9-17(14)20/h2-4,6,8-10,15H,5,7,11-13H2,1H3. The maximum Gasteiger partial charge on any atom is 0.157 e. The van der Waals surface area contributed by atoms with Gasteiger partial charge in [-0.3, -0.25) is 9.58 Å². The summed E-state index contributed by atoms with van der Waals surface area (Å²) in [7, 11) is 1.98. The third-order valence-corrected chi connectivity index (χ3v) is 5.24. The number of aromatic nitrogens is 3. The van der Waals surface area contributed by atoms with E-state index in [0.717, 1.165) is 30.3 Å². The van der Waals surface area contributed by atoms with Crippen molar-refractivity contribution in [2.24, 2.45) is 7.05 Å². The van der Waals surface area contributed by atoms with Crippen LogP contribution >= 0.6 is 11.6 Å². The van der Waals surface area contributed by atoms with Crippen molar-refractivity contribution in [3.8, 4) is 0 Å². The molecule has 1 aromatic carbocycles. The summed E-state index contributed by atoms with van der Waals surface area (Å²) < 4.78 is 1.90. The zero-order chi connectivity index (χ0) is 16.5. The molecule has 0 amide bonds. The van der Waals surface area contributed by atoms with Gasteiger partial charge in [0.05, 0.1) is 5.69 Å². The predicted molar refractivity (Wildman–Crippen MR) is 97.2 cm³/mol. The highest BCUT2D eigenvalue weighted by molar-refractivity contribution is 6.31. The van der Waals surface area contributed by atoms with Crippen molar-refractivity contribution in [2.75, 3.05) is 13.1 Å². The highest BCUT2D eigenvalue weighted by Gasteiger charge is 2.26. The Morgan fingerprint density at radius 3 is 2.96 bits per heavy atom. The number of aryl methyl sites for hydroxylation is 1. The molecule has 1 fully saturated rings. The molecule has 124 valence electrons. The quantitative estimate of drug-likeness (QED) is 0.722. The average Bonchev–Trinajstić information content (AvgIpc) is 2.95. The van der Waals surface area contributed by atoms with E-state index >= 15 is 0 Å². The molecule has 0 bridgehead atoms. The molecule has 0 aliphatic carbocycles. The van der Waals surface area contributed by atoms with E-state index in [1.165, 1.54) is 29.5 Å². The van der Waals surface area contributed by atoms with E-state index in [0.29, 0.717) is 5.92 Å². The Morgan fingerprint density at radius 2 is 2.08 bits per heavy atom. The minimum absolute atomic E-state index is 0.453. The zero-order valence-electron chi connectivity index (χ0n) is 13.8. The molecule has 0 N–H and O–H groups in total. The SMILES string of the molecule is Cn1nc(C2CCCN(Cc3ccccc3Cl)C2)c2cccnc21. The van der Waals surface area contributed by atoms with Gasteiger partial charge in [0.1, 0.15) is 0 Å². The molecule has 1 aliphatic rings. The van der Waals surface area contributed by atoms with Crippen molar-refractivity contribution in [1.29, 1.82) is 0 Å². The second kappa shape index (κ2) is 6.54. The fourth-order valence-electron chi connectivity index (χ4n) is 3.71. The van der Waals surface area contributed by atoms with E-state index < -0.39 is 0 Å². The van der Waals surface area contributed by atoms with Crippen LogP contribution in [0.5, 0.6) is 0 Å². The molecule has 0 spiro atoms. The van der Waals surface area contributed by atoms with Crippen LogP contribution in [0.3, 0.4) is 0 Å². The first kappa shape index (κ1) is 15.6. The molecule has 1 atom stereocenters. The van der Waals surface area contributed by atoms with Crippen molar-refractivity contribution < 1.29 is 0 Å². The zero-order valence-corrected chi connectivity index (χ0v) is 14.6. The van der Waals surface area contributed by atoms with Gasteiger partial charge in [0, 0.05) is 42.7 Å². The first-order valence-electron chi connectivity index (χ1n) is 8.46. The summed E-state index contributed by atoms with van der Waals surface area (Å²) in [5.41, 5.74) is 3.35. The molecule has 4 rings (SSSR count). The van der Waals surface area contributed by atoms with E-state index in [-0.39, 0.29) is 0 Å². The Morgan fingerprint density at radius 1 is 1.21 bits per heavy atom. The van der Waals surface area contributed by atoms with Crippen LogP contribution in [0.15, 0.2) is 42.6 Å². The van der Waals surface area contributed by atoms with Crippen molar-refractivity contribution in [3.63, 3.8) is 0 Å². The van der Waals surface area contributed by atoms with E-state index in [1.54, 1.807) is 0 Å². The number of halogens is 1. The van der Waals surface area contributed by atoms with Crippen molar-refractivity contribution in [3.05, 3.63) is 58.9 Å². The number of pyridine rings is 1. The lowest BCUT2D eigenvalue weighted by molar-refractivity contribution is 0.198. The van der Waals surface area contributed by atoms with Crippen LogP contribution < -0.4 is 0 Å². The topological polar surface area (TPSA) is 34.0 Å². The molecule has 1 aliphatic heterocycles. The fraction of sp³-hybridized carbons (Fsp3) is 0.368. The highest BCUT2D eigenvalue weighted by Crippen LogP contribution is 2.31. The van der Waals surface area contributed by atoms with Crippen LogP contribution in [0.1, 0.15) is 30.0 Å². The maximum absolute atomic E-state index is 6.33. The molecule has 0 saturated carbocycles. The van der Waals surface area contributed by atoms with Crippen LogP contribution in [0, 0.1) is 0 Å². The molecule has 5 heteroatoms. The van der Waals surface area contributed by atoms with Gasteiger partial charge in [-0.25, -0.2) is 4.98 Å². The van der Waals surface area contributed by atoms with E-state index in [1.807, 2.05) is 36.1 Å². The minimum Gasteiger partial charge on any atom is -0.298 e. The molecule has 0 radical (unpaired) electrons. The largest absolute Gasteiger partial charge is 0.298 e. The fourth-order valence-corrected chi connectivity index (χ4v) is 3.90. The van der Waals surface area contributed by atoms with Crippen LogP contribution in [0.25, 0.3) is 11.0 Å². The Labute approximate surface area is 147 Å².